The molecule has 0 aromatic heterocycles. The zero-order chi connectivity index (χ0) is 21.8. The van der Waals surface area contributed by atoms with Crippen LogP contribution in [0.3, 0.4) is 0 Å². The molecule has 158 valence electrons. The van der Waals surface area contributed by atoms with Gasteiger partial charge in [0.05, 0.1) is 26.3 Å². The number of anilines is 2. The minimum atomic E-state index is 0.0182. The van der Waals surface area contributed by atoms with Gasteiger partial charge in [-0.2, -0.15) is 0 Å². The SMILES string of the molecule is COc1ccc(Nc2ccc(O/[N+]([O-])=C3/C=c4ccc([NH+](C)[O-])cc4=CC3)cc2)cc1. The Labute approximate surface area is 179 Å². The van der Waals surface area contributed by atoms with Gasteiger partial charge in [0.25, 0.3) is 0 Å². The predicted molar refractivity (Wildman–Crippen MR) is 121 cm³/mol. The quantitative estimate of drug-likeness (QED) is 0.473. The first-order valence-electron chi connectivity index (χ1n) is 9.87. The van der Waals surface area contributed by atoms with E-state index in [2.05, 4.69) is 5.32 Å². The molecule has 1 aliphatic rings. The number of nitrogens with one attached hydrogen (secondary N) is 2. The third-order valence-corrected chi connectivity index (χ3v) is 5.00. The molecule has 31 heavy (non-hydrogen) atoms. The Hall–Kier alpha value is -3.81. The zero-order valence-corrected chi connectivity index (χ0v) is 17.3. The number of nitrogens with zero attached hydrogens (tertiary/aromatic N) is 1. The van der Waals surface area contributed by atoms with E-state index in [1.54, 1.807) is 31.4 Å². The minimum Gasteiger partial charge on any atom is -0.629 e. The number of hydrogen-bond acceptors (Lipinski definition) is 5. The van der Waals surface area contributed by atoms with Gasteiger partial charge in [0, 0.05) is 28.4 Å². The summed E-state index contributed by atoms with van der Waals surface area (Å²) in [5.74, 6) is 1.23. The summed E-state index contributed by atoms with van der Waals surface area (Å²) in [7, 11) is 3.17. The fourth-order valence-corrected chi connectivity index (χ4v) is 3.28. The molecule has 0 bridgehead atoms. The monoisotopic (exact) mass is 417 g/mol. The summed E-state index contributed by atoms with van der Waals surface area (Å²) < 4.78 is 5.16. The molecule has 1 unspecified atom stereocenters. The van der Waals surface area contributed by atoms with E-state index in [1.165, 1.54) is 7.05 Å². The Morgan fingerprint density at radius 2 is 1.55 bits per heavy atom. The minimum absolute atomic E-state index is 0.0182. The van der Waals surface area contributed by atoms with Crippen molar-refractivity contribution in [1.29, 1.82) is 0 Å². The van der Waals surface area contributed by atoms with Crippen LogP contribution in [0.15, 0.2) is 66.7 Å². The summed E-state index contributed by atoms with van der Waals surface area (Å²) in [5, 5.41) is 29.2. The van der Waals surface area contributed by atoms with Crippen LogP contribution in [-0.2, 0) is 0 Å². The van der Waals surface area contributed by atoms with E-state index in [0.717, 1.165) is 27.6 Å². The molecule has 7 nitrogen and oxygen atoms in total. The fourth-order valence-electron chi connectivity index (χ4n) is 3.28. The molecule has 4 rings (SSSR count). The van der Waals surface area contributed by atoms with Crippen LogP contribution in [0.2, 0.25) is 0 Å². The number of hydroxylamine groups is 1. The number of hydrogen-bond donors (Lipinski definition) is 2. The molecule has 1 atom stereocenters. The van der Waals surface area contributed by atoms with Crippen molar-refractivity contribution in [2.24, 2.45) is 0 Å². The number of quaternary nitrogens is 1. The summed E-state index contributed by atoms with van der Waals surface area (Å²) in [4.78, 5) is 5.99. The first kappa shape index (κ1) is 20.5. The first-order valence-corrected chi connectivity index (χ1v) is 9.87. The summed E-state index contributed by atoms with van der Waals surface area (Å²) in [6.45, 7) is 0. The standard InChI is InChI=1S/C24H23N3O4/c1-26(28)21-9-3-18-16-22(10-4-17(18)15-21)27(29)31-24-13-7-20(8-14-24)25-19-5-11-23(30-2)12-6-19/h3-9,11-16,25-26H,10H2,1-2H3/b27-22+. The van der Waals surface area contributed by atoms with Gasteiger partial charge < -0.3 is 25.2 Å². The van der Waals surface area contributed by atoms with Crippen LogP contribution in [0.4, 0.5) is 17.1 Å². The van der Waals surface area contributed by atoms with Crippen molar-refractivity contribution in [3.05, 3.63) is 87.6 Å². The lowest BCUT2D eigenvalue weighted by atomic mass is 10.1. The van der Waals surface area contributed by atoms with E-state index >= 15 is 0 Å². The number of rotatable bonds is 6. The fraction of sp³-hybridized carbons (Fsp3) is 0.125. The van der Waals surface area contributed by atoms with E-state index in [0.29, 0.717) is 28.5 Å². The molecule has 0 heterocycles. The van der Waals surface area contributed by atoms with E-state index in [1.807, 2.05) is 54.6 Å². The van der Waals surface area contributed by atoms with Crippen LogP contribution in [-0.4, -0.2) is 24.8 Å². The largest absolute Gasteiger partial charge is 0.629 e. The highest BCUT2D eigenvalue weighted by Crippen LogP contribution is 2.22. The summed E-state index contributed by atoms with van der Waals surface area (Å²) in [6.07, 6.45) is 4.13. The summed E-state index contributed by atoms with van der Waals surface area (Å²) in [5.41, 5.74) is 2.94. The Bertz CT molecular complexity index is 1220. The molecule has 0 fully saturated rings. The zero-order valence-electron chi connectivity index (χ0n) is 17.3. The third-order valence-electron chi connectivity index (χ3n) is 5.00. The summed E-state index contributed by atoms with van der Waals surface area (Å²) >= 11 is 0. The maximum atomic E-state index is 12.5. The number of benzene rings is 3. The van der Waals surface area contributed by atoms with Crippen molar-refractivity contribution >= 4 is 34.9 Å². The highest BCUT2D eigenvalue weighted by Gasteiger charge is 2.12. The number of ether oxygens (including phenoxy) is 1. The van der Waals surface area contributed by atoms with Gasteiger partial charge in [-0.3, -0.25) is 5.21 Å². The van der Waals surface area contributed by atoms with Gasteiger partial charge >= 0.3 is 0 Å². The highest BCUT2D eigenvalue weighted by molar-refractivity contribution is 6.10. The first-order chi connectivity index (χ1) is 15.0. The van der Waals surface area contributed by atoms with E-state index < -0.39 is 0 Å². The lowest BCUT2D eigenvalue weighted by molar-refractivity contribution is -0.751. The van der Waals surface area contributed by atoms with E-state index in [9.17, 15) is 10.4 Å². The lowest BCUT2D eigenvalue weighted by Gasteiger charge is -2.15. The molecule has 0 amide bonds. The molecule has 0 aliphatic heterocycles. The van der Waals surface area contributed by atoms with Crippen LogP contribution in [0.25, 0.3) is 12.2 Å². The molecule has 0 radical (unpaired) electrons. The number of methoxy groups -OCH3 is 1. The Balaban J connectivity index is 1.46. The highest BCUT2D eigenvalue weighted by atomic mass is 16.9. The Morgan fingerprint density at radius 1 is 0.903 bits per heavy atom. The average Bonchev–Trinajstić information content (AvgIpc) is 2.80. The van der Waals surface area contributed by atoms with E-state index in [-0.39, 0.29) is 5.06 Å². The second-order valence-electron chi connectivity index (χ2n) is 7.17. The predicted octanol–water partition coefficient (Wildman–Crippen LogP) is 1.99. The van der Waals surface area contributed by atoms with Crippen molar-refractivity contribution in [2.75, 3.05) is 19.5 Å². The maximum Gasteiger partial charge on any atom is 0.249 e. The molecule has 7 heteroatoms. The van der Waals surface area contributed by atoms with Crippen LogP contribution < -0.4 is 30.4 Å². The van der Waals surface area contributed by atoms with Gasteiger partial charge in [-0.25, -0.2) is 0 Å². The van der Waals surface area contributed by atoms with Crippen LogP contribution >= 0.6 is 0 Å². The van der Waals surface area contributed by atoms with Crippen molar-refractivity contribution in [3.8, 4) is 11.5 Å². The molecule has 0 saturated heterocycles. The Kier molecular flexibility index (Phi) is 5.88. The second-order valence-corrected chi connectivity index (χ2v) is 7.17. The van der Waals surface area contributed by atoms with Gasteiger partial charge in [0.2, 0.25) is 5.71 Å². The van der Waals surface area contributed by atoms with Gasteiger partial charge in [0.1, 0.15) is 11.4 Å². The molecule has 3 aromatic rings. The molecular formula is C24H23N3O4. The third kappa shape index (κ3) is 4.85. The van der Waals surface area contributed by atoms with E-state index in [4.69, 9.17) is 9.57 Å². The molecule has 3 aromatic carbocycles. The normalized spacial score (nSPS) is 15.1. The van der Waals surface area contributed by atoms with Crippen LogP contribution in [0.1, 0.15) is 6.42 Å². The van der Waals surface area contributed by atoms with Crippen molar-refractivity contribution < 1.29 is 19.5 Å². The topological polar surface area (TPSA) is 84.1 Å². The molecule has 0 saturated carbocycles. The van der Waals surface area contributed by atoms with Crippen LogP contribution in [0, 0.1) is 10.4 Å². The molecule has 2 N–H and O–H groups in total. The molecular weight excluding hydrogens is 394 g/mol. The molecule has 0 spiro atoms. The maximum absolute atomic E-state index is 12.5. The average molecular weight is 417 g/mol. The smallest absolute Gasteiger partial charge is 0.249 e. The van der Waals surface area contributed by atoms with Crippen LogP contribution in [0.5, 0.6) is 11.5 Å². The second kappa shape index (κ2) is 8.91. The van der Waals surface area contributed by atoms with Gasteiger partial charge in [-0.1, -0.05) is 6.08 Å². The molecule has 1 aliphatic carbocycles. The van der Waals surface area contributed by atoms with Gasteiger partial charge in [0.15, 0.2) is 0 Å². The van der Waals surface area contributed by atoms with Crippen molar-refractivity contribution in [2.45, 2.75) is 6.42 Å². The van der Waals surface area contributed by atoms with Gasteiger partial charge in [-0.05, 0) is 71.1 Å². The Morgan fingerprint density at radius 3 is 2.16 bits per heavy atom. The number of fused-ring (bicyclic) bond motifs is 1. The summed E-state index contributed by atoms with van der Waals surface area (Å²) in [6, 6.07) is 20.2. The van der Waals surface area contributed by atoms with Gasteiger partial charge in [-0.15, -0.1) is 0 Å². The lowest BCUT2D eigenvalue weighted by Crippen LogP contribution is -2.98. The van der Waals surface area contributed by atoms with Crippen molar-refractivity contribution in [3.63, 3.8) is 0 Å². The van der Waals surface area contributed by atoms with Crippen molar-refractivity contribution in [1.82, 2.24) is 0 Å².